The molecule has 2 rings (SSSR count). The van der Waals surface area contributed by atoms with E-state index in [1.807, 2.05) is 67.6 Å². The molecule has 0 radical (unpaired) electrons. The Morgan fingerprint density at radius 1 is 1.00 bits per heavy atom. The molecule has 0 aliphatic heterocycles. The van der Waals surface area contributed by atoms with E-state index in [4.69, 9.17) is 5.73 Å². The van der Waals surface area contributed by atoms with Gasteiger partial charge in [0.25, 0.3) is 0 Å². The number of aliphatic imine (C=N–C) groups is 1. The largest absolute Gasteiger partial charge is 0.369 e. The molecule has 0 saturated heterocycles. The van der Waals surface area contributed by atoms with Gasteiger partial charge in [-0.2, -0.15) is 5.10 Å². The fourth-order valence-electron chi connectivity index (χ4n) is 1.68. The van der Waals surface area contributed by atoms with Gasteiger partial charge in [0.15, 0.2) is 0 Å². The van der Waals surface area contributed by atoms with Gasteiger partial charge in [-0.05, 0) is 18.1 Å². The summed E-state index contributed by atoms with van der Waals surface area (Å²) < 4.78 is 0. The Bertz CT molecular complexity index is 588. The minimum absolute atomic E-state index is 0.309. The van der Waals surface area contributed by atoms with Gasteiger partial charge in [-0.1, -0.05) is 60.7 Å². The third kappa shape index (κ3) is 4.24. The van der Waals surface area contributed by atoms with Crippen molar-refractivity contribution in [1.29, 1.82) is 0 Å². The van der Waals surface area contributed by atoms with E-state index in [0.717, 1.165) is 16.8 Å². The second-order valence-corrected chi connectivity index (χ2v) is 4.36. The van der Waals surface area contributed by atoms with Crippen LogP contribution in [0.5, 0.6) is 0 Å². The van der Waals surface area contributed by atoms with Crippen molar-refractivity contribution in [2.45, 2.75) is 13.5 Å². The molecule has 0 aromatic heterocycles. The van der Waals surface area contributed by atoms with Crippen LogP contribution in [0.25, 0.3) is 0 Å². The molecule has 0 saturated carbocycles. The van der Waals surface area contributed by atoms with Gasteiger partial charge in [-0.3, -0.25) is 0 Å². The molecule has 2 aromatic rings. The van der Waals surface area contributed by atoms with E-state index in [9.17, 15) is 0 Å². The zero-order valence-corrected chi connectivity index (χ0v) is 11.5. The van der Waals surface area contributed by atoms with Crippen LogP contribution in [0, 0.1) is 0 Å². The van der Waals surface area contributed by atoms with Crippen molar-refractivity contribution in [3.8, 4) is 0 Å². The summed E-state index contributed by atoms with van der Waals surface area (Å²) in [6, 6.07) is 19.9. The number of nitrogens with one attached hydrogen (secondary N) is 1. The van der Waals surface area contributed by atoms with Crippen LogP contribution in [0.4, 0.5) is 0 Å². The Balaban J connectivity index is 1.93. The summed E-state index contributed by atoms with van der Waals surface area (Å²) >= 11 is 0. The lowest BCUT2D eigenvalue weighted by Gasteiger charge is -2.03. The van der Waals surface area contributed by atoms with E-state index < -0.39 is 0 Å². The highest BCUT2D eigenvalue weighted by molar-refractivity contribution is 5.99. The van der Waals surface area contributed by atoms with Gasteiger partial charge in [0, 0.05) is 0 Å². The highest BCUT2D eigenvalue weighted by Gasteiger charge is 1.96. The first-order valence-electron chi connectivity index (χ1n) is 6.45. The van der Waals surface area contributed by atoms with Gasteiger partial charge in [0.05, 0.1) is 12.3 Å². The van der Waals surface area contributed by atoms with Crippen molar-refractivity contribution >= 4 is 11.7 Å². The topological polar surface area (TPSA) is 62.8 Å². The highest BCUT2D eigenvalue weighted by Crippen LogP contribution is 2.01. The molecule has 2 aromatic carbocycles. The molecule has 0 atom stereocenters. The summed E-state index contributed by atoms with van der Waals surface area (Å²) in [6.07, 6.45) is 0. The average Bonchev–Trinajstić information content (AvgIpc) is 2.52. The molecule has 0 bridgehead atoms. The number of guanidine groups is 1. The normalized spacial score (nSPS) is 12.2. The second-order valence-electron chi connectivity index (χ2n) is 4.36. The van der Waals surface area contributed by atoms with Crippen LogP contribution in [-0.2, 0) is 6.54 Å². The molecule has 0 amide bonds. The van der Waals surface area contributed by atoms with E-state index in [0.29, 0.717) is 12.5 Å². The van der Waals surface area contributed by atoms with E-state index in [1.165, 1.54) is 0 Å². The quantitative estimate of drug-likeness (QED) is 0.507. The first kappa shape index (κ1) is 13.8. The van der Waals surface area contributed by atoms with E-state index >= 15 is 0 Å². The summed E-state index contributed by atoms with van der Waals surface area (Å²) in [4.78, 5) is 4.24. The molecule has 0 spiro atoms. The number of hydrogen-bond donors (Lipinski definition) is 2. The van der Waals surface area contributed by atoms with Gasteiger partial charge in [0.1, 0.15) is 0 Å². The van der Waals surface area contributed by atoms with Crippen LogP contribution >= 0.6 is 0 Å². The SMILES string of the molecule is C/C(=N/NC(N)=NCc1ccccc1)c1ccccc1. The van der Waals surface area contributed by atoms with Crippen molar-refractivity contribution in [1.82, 2.24) is 5.43 Å². The molecule has 3 N–H and O–H groups in total. The second kappa shape index (κ2) is 7.09. The maximum Gasteiger partial charge on any atom is 0.209 e. The third-order valence-corrected chi connectivity index (χ3v) is 2.80. The molecule has 102 valence electrons. The van der Waals surface area contributed by atoms with Crippen LogP contribution in [0.2, 0.25) is 0 Å². The lowest BCUT2D eigenvalue weighted by atomic mass is 10.1. The van der Waals surface area contributed by atoms with Crippen molar-refractivity contribution in [2.75, 3.05) is 0 Å². The minimum atomic E-state index is 0.309. The Morgan fingerprint density at radius 3 is 2.25 bits per heavy atom. The number of hydrogen-bond acceptors (Lipinski definition) is 2. The minimum Gasteiger partial charge on any atom is -0.369 e. The lowest BCUT2D eigenvalue weighted by Crippen LogP contribution is -2.28. The molecule has 4 nitrogen and oxygen atoms in total. The number of nitrogens with zero attached hydrogens (tertiary/aromatic N) is 2. The molecule has 0 heterocycles. The molecule has 4 heteroatoms. The monoisotopic (exact) mass is 266 g/mol. The molecule has 0 unspecified atom stereocenters. The summed E-state index contributed by atoms with van der Waals surface area (Å²) in [5, 5.41) is 4.22. The fraction of sp³-hybridized carbons (Fsp3) is 0.125. The number of nitrogens with two attached hydrogens (primary N) is 1. The average molecular weight is 266 g/mol. The standard InChI is InChI=1S/C16H18N4/c1-13(15-10-6-3-7-11-15)19-20-16(17)18-12-14-8-4-2-5-9-14/h2-11H,12H2,1H3,(H3,17,18,20)/b19-13-. The van der Waals surface area contributed by atoms with Crippen molar-refractivity contribution in [2.24, 2.45) is 15.8 Å². The lowest BCUT2D eigenvalue weighted by molar-refractivity contribution is 0.957. The molecular weight excluding hydrogens is 248 g/mol. The molecule has 20 heavy (non-hydrogen) atoms. The Labute approximate surface area is 119 Å². The number of hydrazone groups is 1. The van der Waals surface area contributed by atoms with Gasteiger partial charge in [-0.15, -0.1) is 0 Å². The first-order chi connectivity index (χ1) is 9.75. The van der Waals surface area contributed by atoms with Gasteiger partial charge >= 0.3 is 0 Å². The van der Waals surface area contributed by atoms with E-state index in [-0.39, 0.29) is 0 Å². The molecule has 0 aliphatic rings. The predicted molar refractivity (Wildman–Crippen MR) is 83.6 cm³/mol. The van der Waals surface area contributed by atoms with Gasteiger partial charge < -0.3 is 5.73 Å². The van der Waals surface area contributed by atoms with Gasteiger partial charge in [-0.25, -0.2) is 10.4 Å². The summed E-state index contributed by atoms with van der Waals surface area (Å²) in [5.74, 6) is 0.309. The molecular formula is C16H18N4. The van der Waals surface area contributed by atoms with Crippen molar-refractivity contribution in [3.05, 3.63) is 71.8 Å². The Kier molecular flexibility index (Phi) is 4.89. The summed E-state index contributed by atoms with van der Waals surface area (Å²) in [7, 11) is 0. The predicted octanol–water partition coefficient (Wildman–Crippen LogP) is 2.52. The highest BCUT2D eigenvalue weighted by atomic mass is 15.4. The first-order valence-corrected chi connectivity index (χ1v) is 6.45. The summed E-state index contributed by atoms with van der Waals surface area (Å²) in [6.45, 7) is 2.46. The maximum atomic E-state index is 5.78. The van der Waals surface area contributed by atoms with Crippen LogP contribution in [0.3, 0.4) is 0 Å². The van der Waals surface area contributed by atoms with Crippen molar-refractivity contribution < 1.29 is 0 Å². The Hall–Kier alpha value is -2.62. The molecule has 0 aliphatic carbocycles. The zero-order chi connectivity index (χ0) is 14.2. The van der Waals surface area contributed by atoms with Crippen molar-refractivity contribution in [3.63, 3.8) is 0 Å². The van der Waals surface area contributed by atoms with E-state index in [2.05, 4.69) is 15.5 Å². The zero-order valence-electron chi connectivity index (χ0n) is 11.5. The van der Waals surface area contributed by atoms with E-state index in [1.54, 1.807) is 0 Å². The van der Waals surface area contributed by atoms with Crippen LogP contribution in [0.1, 0.15) is 18.1 Å². The van der Waals surface area contributed by atoms with Crippen LogP contribution < -0.4 is 11.2 Å². The third-order valence-electron chi connectivity index (χ3n) is 2.80. The number of benzene rings is 2. The maximum absolute atomic E-state index is 5.78. The molecule has 0 fully saturated rings. The smallest absolute Gasteiger partial charge is 0.209 e. The summed E-state index contributed by atoms with van der Waals surface area (Å²) in [5.41, 5.74) is 11.6. The Morgan fingerprint density at radius 2 is 1.60 bits per heavy atom. The fourth-order valence-corrected chi connectivity index (χ4v) is 1.68. The van der Waals surface area contributed by atoms with Gasteiger partial charge in [0.2, 0.25) is 5.96 Å². The number of rotatable bonds is 4. The van der Waals surface area contributed by atoms with Crippen LogP contribution in [-0.4, -0.2) is 11.7 Å². The van der Waals surface area contributed by atoms with Crippen LogP contribution in [0.15, 0.2) is 70.8 Å².